The van der Waals surface area contributed by atoms with E-state index in [9.17, 15) is 5.11 Å². The number of nitrogens with zero attached hydrogens (tertiary/aromatic N) is 4. The molecule has 2 heterocycles. The van der Waals surface area contributed by atoms with Crippen molar-refractivity contribution >= 4 is 0 Å². The van der Waals surface area contributed by atoms with Crippen molar-refractivity contribution in [3.63, 3.8) is 0 Å². The van der Waals surface area contributed by atoms with Crippen molar-refractivity contribution in [1.82, 2.24) is 19.7 Å². The molecule has 0 spiro atoms. The van der Waals surface area contributed by atoms with Crippen LogP contribution in [-0.2, 0) is 18.5 Å². The van der Waals surface area contributed by atoms with Crippen LogP contribution in [0.3, 0.4) is 0 Å². The summed E-state index contributed by atoms with van der Waals surface area (Å²) in [5, 5.41) is 14.9. The maximum atomic E-state index is 9.98. The first-order valence-corrected chi connectivity index (χ1v) is 10.1. The second kappa shape index (κ2) is 7.49. The van der Waals surface area contributed by atoms with E-state index in [-0.39, 0.29) is 11.5 Å². The SMILES string of the molecule is CCCCn1nc(C2(c3ccccc3)CC2)nc1CN1CCCC(O)C1. The molecule has 1 saturated heterocycles. The van der Waals surface area contributed by atoms with E-state index in [0.29, 0.717) is 0 Å². The molecule has 2 fully saturated rings. The average Bonchev–Trinajstić information content (AvgIpc) is 3.38. The molecule has 2 aromatic rings. The molecule has 5 nitrogen and oxygen atoms in total. The summed E-state index contributed by atoms with van der Waals surface area (Å²) in [5.41, 5.74) is 1.36. The highest BCUT2D eigenvalue weighted by molar-refractivity contribution is 5.39. The van der Waals surface area contributed by atoms with E-state index in [4.69, 9.17) is 10.1 Å². The van der Waals surface area contributed by atoms with Crippen LogP contribution < -0.4 is 0 Å². The Morgan fingerprint density at radius 1 is 1.23 bits per heavy atom. The van der Waals surface area contributed by atoms with Gasteiger partial charge in [0.1, 0.15) is 5.82 Å². The molecule has 0 amide bonds. The van der Waals surface area contributed by atoms with Gasteiger partial charge in [-0.2, -0.15) is 5.10 Å². The molecule has 1 N–H and O–H groups in total. The number of hydrogen-bond donors (Lipinski definition) is 1. The first-order valence-electron chi connectivity index (χ1n) is 10.1. The van der Waals surface area contributed by atoms with Gasteiger partial charge in [0.2, 0.25) is 0 Å². The Balaban J connectivity index is 1.59. The lowest BCUT2D eigenvalue weighted by atomic mass is 9.95. The highest BCUT2D eigenvalue weighted by atomic mass is 16.3. The van der Waals surface area contributed by atoms with Gasteiger partial charge in [-0.25, -0.2) is 9.67 Å². The fraction of sp³-hybridized carbons (Fsp3) is 0.619. The molecule has 0 radical (unpaired) electrons. The number of benzene rings is 1. The predicted molar refractivity (Wildman–Crippen MR) is 102 cm³/mol. The Morgan fingerprint density at radius 3 is 2.73 bits per heavy atom. The predicted octanol–water partition coefficient (Wildman–Crippen LogP) is 3.11. The summed E-state index contributed by atoms with van der Waals surface area (Å²) in [5.74, 6) is 2.05. The minimum Gasteiger partial charge on any atom is -0.392 e. The summed E-state index contributed by atoms with van der Waals surface area (Å²) in [4.78, 5) is 7.35. The van der Waals surface area contributed by atoms with E-state index in [1.807, 2.05) is 0 Å². The van der Waals surface area contributed by atoms with Crippen LogP contribution in [0.1, 0.15) is 62.7 Å². The van der Waals surface area contributed by atoms with Gasteiger partial charge in [0, 0.05) is 13.1 Å². The molecule has 0 bridgehead atoms. The Kier molecular flexibility index (Phi) is 5.09. The van der Waals surface area contributed by atoms with Crippen molar-refractivity contribution in [2.24, 2.45) is 0 Å². The number of aliphatic hydroxyl groups excluding tert-OH is 1. The zero-order chi connectivity index (χ0) is 18.0. The average molecular weight is 354 g/mol. The van der Waals surface area contributed by atoms with Gasteiger partial charge in [0.25, 0.3) is 0 Å². The lowest BCUT2D eigenvalue weighted by Crippen LogP contribution is -2.38. The lowest BCUT2D eigenvalue weighted by Gasteiger charge is -2.29. The van der Waals surface area contributed by atoms with Crippen molar-refractivity contribution < 1.29 is 5.11 Å². The van der Waals surface area contributed by atoms with Crippen LogP contribution in [0, 0.1) is 0 Å². The van der Waals surface area contributed by atoms with Crippen LogP contribution in [0.5, 0.6) is 0 Å². The number of likely N-dealkylation sites (tertiary alicyclic amines) is 1. The Morgan fingerprint density at radius 2 is 2.04 bits per heavy atom. The largest absolute Gasteiger partial charge is 0.392 e. The summed E-state index contributed by atoms with van der Waals surface area (Å²) in [6, 6.07) is 10.7. The molecule has 1 aromatic heterocycles. The molecule has 1 aromatic carbocycles. The summed E-state index contributed by atoms with van der Waals surface area (Å²) < 4.78 is 2.13. The molecule has 4 rings (SSSR count). The minimum atomic E-state index is -0.200. The first-order chi connectivity index (χ1) is 12.7. The van der Waals surface area contributed by atoms with Gasteiger partial charge in [-0.1, -0.05) is 43.7 Å². The van der Waals surface area contributed by atoms with Gasteiger partial charge in [-0.3, -0.25) is 4.90 Å². The molecule has 1 unspecified atom stereocenters. The van der Waals surface area contributed by atoms with Gasteiger partial charge in [0.15, 0.2) is 5.82 Å². The van der Waals surface area contributed by atoms with Crippen molar-refractivity contribution in [2.75, 3.05) is 13.1 Å². The van der Waals surface area contributed by atoms with Gasteiger partial charge in [0.05, 0.1) is 18.1 Å². The van der Waals surface area contributed by atoms with Crippen LogP contribution in [0.2, 0.25) is 0 Å². The molecule has 1 atom stereocenters. The molecular weight excluding hydrogens is 324 g/mol. The van der Waals surface area contributed by atoms with Gasteiger partial charge < -0.3 is 5.11 Å². The van der Waals surface area contributed by atoms with E-state index in [0.717, 1.165) is 76.4 Å². The van der Waals surface area contributed by atoms with E-state index in [1.165, 1.54) is 5.56 Å². The summed E-state index contributed by atoms with van der Waals surface area (Å²) in [7, 11) is 0. The van der Waals surface area contributed by atoms with Crippen molar-refractivity contribution in [3.05, 3.63) is 47.5 Å². The van der Waals surface area contributed by atoms with E-state index >= 15 is 0 Å². The second-order valence-corrected chi connectivity index (χ2v) is 7.91. The Bertz CT molecular complexity index is 723. The third-order valence-corrected chi connectivity index (χ3v) is 5.82. The number of aromatic nitrogens is 3. The number of hydrogen-bond acceptors (Lipinski definition) is 4. The van der Waals surface area contributed by atoms with Gasteiger partial charge in [-0.15, -0.1) is 0 Å². The number of unbranched alkanes of at least 4 members (excludes halogenated alkanes) is 1. The molecule has 1 aliphatic heterocycles. The van der Waals surface area contributed by atoms with E-state index < -0.39 is 0 Å². The molecule has 2 aliphatic rings. The number of piperidine rings is 1. The summed E-state index contributed by atoms with van der Waals surface area (Å²) in [6.07, 6.45) is 6.33. The normalized spacial score (nSPS) is 22.5. The number of β-amino-alcohol motifs (C(OH)–C–C–N with tert-alkyl or cyclic N) is 1. The zero-order valence-corrected chi connectivity index (χ0v) is 15.8. The Labute approximate surface area is 156 Å². The van der Waals surface area contributed by atoms with Crippen LogP contribution in [0.25, 0.3) is 0 Å². The summed E-state index contributed by atoms with van der Waals surface area (Å²) in [6.45, 7) is 5.72. The number of aliphatic hydroxyl groups is 1. The highest BCUT2D eigenvalue weighted by Gasteiger charge is 2.49. The third kappa shape index (κ3) is 3.55. The number of aryl methyl sites for hydroxylation is 1. The molecule has 1 saturated carbocycles. The number of rotatable bonds is 7. The topological polar surface area (TPSA) is 54.2 Å². The quantitative estimate of drug-likeness (QED) is 0.830. The second-order valence-electron chi connectivity index (χ2n) is 7.91. The van der Waals surface area contributed by atoms with Crippen molar-refractivity contribution in [1.29, 1.82) is 0 Å². The maximum Gasteiger partial charge on any atom is 0.161 e. The fourth-order valence-corrected chi connectivity index (χ4v) is 4.08. The Hall–Kier alpha value is -1.72. The van der Waals surface area contributed by atoms with Crippen LogP contribution >= 0.6 is 0 Å². The molecule has 5 heteroatoms. The van der Waals surface area contributed by atoms with Crippen LogP contribution in [-0.4, -0.2) is 44.0 Å². The molecular formula is C21H30N4O. The van der Waals surface area contributed by atoms with Crippen LogP contribution in [0.4, 0.5) is 0 Å². The van der Waals surface area contributed by atoms with E-state index in [1.54, 1.807) is 0 Å². The van der Waals surface area contributed by atoms with Crippen LogP contribution in [0.15, 0.2) is 30.3 Å². The van der Waals surface area contributed by atoms with Gasteiger partial charge in [-0.05, 0) is 44.2 Å². The molecule has 140 valence electrons. The molecule has 1 aliphatic carbocycles. The third-order valence-electron chi connectivity index (χ3n) is 5.82. The van der Waals surface area contributed by atoms with Crippen molar-refractivity contribution in [2.45, 2.75) is 70.1 Å². The summed E-state index contributed by atoms with van der Waals surface area (Å²) >= 11 is 0. The maximum absolute atomic E-state index is 9.98. The zero-order valence-electron chi connectivity index (χ0n) is 15.8. The smallest absolute Gasteiger partial charge is 0.161 e. The lowest BCUT2D eigenvalue weighted by molar-refractivity contribution is 0.0647. The molecule has 26 heavy (non-hydrogen) atoms. The minimum absolute atomic E-state index is 0.0227. The van der Waals surface area contributed by atoms with Crippen molar-refractivity contribution in [3.8, 4) is 0 Å². The van der Waals surface area contributed by atoms with Gasteiger partial charge >= 0.3 is 0 Å². The monoisotopic (exact) mass is 354 g/mol. The highest BCUT2D eigenvalue weighted by Crippen LogP contribution is 2.52. The standard InChI is InChI=1S/C21H30N4O/c1-2-3-14-25-19(16-24-13-7-10-18(26)15-24)22-20(23-25)21(11-12-21)17-8-5-4-6-9-17/h4-6,8-9,18,26H,2-3,7,10-16H2,1H3. The fourth-order valence-electron chi connectivity index (χ4n) is 4.08. The first kappa shape index (κ1) is 17.7. The van der Waals surface area contributed by atoms with E-state index in [2.05, 4.69) is 46.8 Å².